The van der Waals surface area contributed by atoms with E-state index >= 15 is 0 Å². The lowest BCUT2D eigenvalue weighted by molar-refractivity contribution is -0.130. The fourth-order valence-corrected chi connectivity index (χ4v) is 1.81. The topological polar surface area (TPSA) is 49.0 Å². The average molecular weight is 192 g/mol. The standard InChI is InChI=1S/C10H14N3O/c1-8-3-2-4-13(8)10(14)5-9-6-11-7-12-9/h6-8H,1-5H2,(H,11,12)/t8-/m0/s1. The molecule has 4 heteroatoms. The number of nitrogens with zero attached hydrogens (tertiary/aromatic N) is 2. The Bertz CT molecular complexity index is 307. The second-order valence-corrected chi connectivity index (χ2v) is 3.62. The minimum atomic E-state index is 0.134. The molecule has 1 saturated heterocycles. The Balaban J connectivity index is 1.95. The summed E-state index contributed by atoms with van der Waals surface area (Å²) in [5, 5.41) is 0. The smallest absolute Gasteiger partial charge is 0.228 e. The monoisotopic (exact) mass is 192 g/mol. The van der Waals surface area contributed by atoms with E-state index in [0.29, 0.717) is 6.42 Å². The van der Waals surface area contributed by atoms with Crippen molar-refractivity contribution in [3.05, 3.63) is 25.1 Å². The molecule has 1 aliphatic rings. The molecule has 2 heterocycles. The van der Waals surface area contributed by atoms with Crippen LogP contribution in [0.5, 0.6) is 0 Å². The van der Waals surface area contributed by atoms with Gasteiger partial charge in [0.05, 0.1) is 18.4 Å². The number of aromatic amines is 1. The first kappa shape index (κ1) is 9.24. The van der Waals surface area contributed by atoms with Gasteiger partial charge in [0.2, 0.25) is 5.91 Å². The highest BCUT2D eigenvalue weighted by Crippen LogP contribution is 2.16. The van der Waals surface area contributed by atoms with Crippen LogP contribution >= 0.6 is 0 Å². The molecule has 0 unspecified atom stereocenters. The summed E-state index contributed by atoms with van der Waals surface area (Å²) in [5.41, 5.74) is 0.800. The Morgan fingerprint density at radius 1 is 1.79 bits per heavy atom. The molecule has 1 radical (unpaired) electrons. The molecule has 1 atom stereocenters. The van der Waals surface area contributed by atoms with E-state index in [1.807, 2.05) is 4.90 Å². The largest absolute Gasteiger partial charge is 0.351 e. The highest BCUT2D eigenvalue weighted by atomic mass is 16.2. The third kappa shape index (κ3) is 1.78. The Labute approximate surface area is 83.3 Å². The molecule has 1 aromatic heterocycles. The van der Waals surface area contributed by atoms with Crippen molar-refractivity contribution in [3.63, 3.8) is 0 Å². The van der Waals surface area contributed by atoms with Gasteiger partial charge in [0.15, 0.2) is 0 Å². The zero-order chi connectivity index (χ0) is 9.97. The molecule has 0 saturated carbocycles. The molecule has 14 heavy (non-hydrogen) atoms. The molecular weight excluding hydrogens is 178 g/mol. The van der Waals surface area contributed by atoms with Crippen LogP contribution in [0.4, 0.5) is 0 Å². The van der Waals surface area contributed by atoms with Gasteiger partial charge in [0, 0.05) is 18.8 Å². The van der Waals surface area contributed by atoms with Crippen molar-refractivity contribution in [2.75, 3.05) is 6.54 Å². The highest BCUT2D eigenvalue weighted by Gasteiger charge is 2.25. The number of amides is 1. The molecule has 0 bridgehead atoms. The number of hydrogen-bond acceptors (Lipinski definition) is 2. The lowest BCUT2D eigenvalue weighted by Crippen LogP contribution is -2.34. The number of aromatic nitrogens is 2. The van der Waals surface area contributed by atoms with Crippen molar-refractivity contribution in [2.45, 2.75) is 25.3 Å². The normalized spacial score (nSPS) is 21.5. The van der Waals surface area contributed by atoms with Crippen molar-refractivity contribution in [2.24, 2.45) is 0 Å². The summed E-state index contributed by atoms with van der Waals surface area (Å²) in [6, 6.07) is 0.154. The molecule has 1 fully saturated rings. The van der Waals surface area contributed by atoms with E-state index in [9.17, 15) is 4.79 Å². The predicted octanol–water partition coefficient (Wildman–Crippen LogP) is 0.777. The van der Waals surface area contributed by atoms with E-state index in [4.69, 9.17) is 0 Å². The predicted molar refractivity (Wildman–Crippen MR) is 52.4 cm³/mol. The fourth-order valence-electron chi connectivity index (χ4n) is 1.81. The lowest BCUT2D eigenvalue weighted by Gasteiger charge is -2.20. The Hall–Kier alpha value is -1.32. The maximum Gasteiger partial charge on any atom is 0.228 e. The molecule has 1 aliphatic heterocycles. The molecule has 1 amide bonds. The van der Waals surface area contributed by atoms with Gasteiger partial charge in [-0.05, 0) is 19.8 Å². The number of imidazole rings is 1. The van der Waals surface area contributed by atoms with Gasteiger partial charge in [-0.2, -0.15) is 0 Å². The number of nitrogens with one attached hydrogen (secondary N) is 1. The summed E-state index contributed by atoms with van der Waals surface area (Å²) in [6.07, 6.45) is 5.82. The first-order valence-corrected chi connectivity index (χ1v) is 4.87. The van der Waals surface area contributed by atoms with Crippen LogP contribution < -0.4 is 0 Å². The minimum Gasteiger partial charge on any atom is -0.351 e. The number of carbonyl (C=O) groups is 1. The average Bonchev–Trinajstić information content (AvgIpc) is 2.75. The molecule has 1 N–H and O–H groups in total. The second kappa shape index (κ2) is 3.82. The summed E-state index contributed by atoms with van der Waals surface area (Å²) < 4.78 is 0. The van der Waals surface area contributed by atoms with Gasteiger partial charge in [-0.3, -0.25) is 4.79 Å². The van der Waals surface area contributed by atoms with Crippen LogP contribution in [0.3, 0.4) is 0 Å². The van der Waals surface area contributed by atoms with E-state index < -0.39 is 0 Å². The van der Waals surface area contributed by atoms with E-state index in [2.05, 4.69) is 16.9 Å². The highest BCUT2D eigenvalue weighted by molar-refractivity contribution is 5.78. The van der Waals surface area contributed by atoms with E-state index in [-0.39, 0.29) is 11.9 Å². The number of likely N-dealkylation sites (tertiary alicyclic amines) is 1. The summed E-state index contributed by atoms with van der Waals surface area (Å²) >= 11 is 0. The van der Waals surface area contributed by atoms with Gasteiger partial charge < -0.3 is 9.88 Å². The third-order valence-electron chi connectivity index (χ3n) is 2.58. The maximum atomic E-state index is 11.8. The minimum absolute atomic E-state index is 0.134. The third-order valence-corrected chi connectivity index (χ3v) is 2.58. The number of carbonyl (C=O) groups excluding carboxylic acids is 1. The Kier molecular flexibility index (Phi) is 2.52. The Morgan fingerprint density at radius 3 is 3.21 bits per heavy atom. The van der Waals surface area contributed by atoms with E-state index in [1.165, 1.54) is 0 Å². The van der Waals surface area contributed by atoms with Crippen LogP contribution in [0.15, 0.2) is 12.5 Å². The zero-order valence-electron chi connectivity index (χ0n) is 8.07. The van der Waals surface area contributed by atoms with Crippen LogP contribution in [0, 0.1) is 6.92 Å². The van der Waals surface area contributed by atoms with Crippen molar-refractivity contribution >= 4 is 5.91 Å². The zero-order valence-corrected chi connectivity index (χ0v) is 8.07. The van der Waals surface area contributed by atoms with Gasteiger partial charge in [-0.15, -0.1) is 0 Å². The maximum absolute atomic E-state index is 11.8. The van der Waals surface area contributed by atoms with Gasteiger partial charge in [0.1, 0.15) is 0 Å². The number of H-pyrrole nitrogens is 1. The quantitative estimate of drug-likeness (QED) is 0.752. The molecular formula is C10H14N3O. The van der Waals surface area contributed by atoms with Gasteiger partial charge in [-0.1, -0.05) is 0 Å². The number of hydrogen-bond donors (Lipinski definition) is 1. The molecule has 0 aliphatic carbocycles. The summed E-state index contributed by atoms with van der Waals surface area (Å²) in [7, 11) is 0. The first-order chi connectivity index (χ1) is 6.77. The SMILES string of the molecule is [CH2][C@H]1CCCN1C(=O)Cc1c[nH]cn1. The van der Waals surface area contributed by atoms with Gasteiger partial charge >= 0.3 is 0 Å². The summed E-state index contributed by atoms with van der Waals surface area (Å²) in [6.45, 7) is 4.79. The van der Waals surface area contributed by atoms with Crippen molar-refractivity contribution in [1.29, 1.82) is 0 Å². The molecule has 0 aromatic carbocycles. The van der Waals surface area contributed by atoms with Crippen molar-refractivity contribution in [3.8, 4) is 0 Å². The van der Waals surface area contributed by atoms with Crippen molar-refractivity contribution < 1.29 is 4.79 Å². The van der Waals surface area contributed by atoms with Crippen LogP contribution in [-0.2, 0) is 11.2 Å². The van der Waals surface area contributed by atoms with Crippen LogP contribution in [0.1, 0.15) is 18.5 Å². The molecule has 75 valence electrons. The lowest BCUT2D eigenvalue weighted by atomic mass is 10.2. The van der Waals surface area contributed by atoms with E-state index in [0.717, 1.165) is 25.1 Å². The first-order valence-electron chi connectivity index (χ1n) is 4.87. The van der Waals surface area contributed by atoms with Gasteiger partial charge in [0.25, 0.3) is 0 Å². The second-order valence-electron chi connectivity index (χ2n) is 3.62. The van der Waals surface area contributed by atoms with Crippen LogP contribution in [0.25, 0.3) is 0 Å². The van der Waals surface area contributed by atoms with E-state index in [1.54, 1.807) is 12.5 Å². The van der Waals surface area contributed by atoms with Crippen LogP contribution in [0.2, 0.25) is 0 Å². The molecule has 2 rings (SSSR count). The molecule has 4 nitrogen and oxygen atoms in total. The summed E-state index contributed by atoms with van der Waals surface area (Å²) in [5.74, 6) is 0.134. The van der Waals surface area contributed by atoms with Crippen LogP contribution in [-0.4, -0.2) is 33.4 Å². The fraction of sp³-hybridized carbons (Fsp3) is 0.500. The molecule has 1 aromatic rings. The van der Waals surface area contributed by atoms with Gasteiger partial charge in [-0.25, -0.2) is 4.98 Å². The number of rotatable bonds is 2. The summed E-state index contributed by atoms with van der Waals surface area (Å²) in [4.78, 5) is 20.5. The van der Waals surface area contributed by atoms with Crippen molar-refractivity contribution in [1.82, 2.24) is 14.9 Å². The molecule has 0 spiro atoms. The Morgan fingerprint density at radius 2 is 2.64 bits per heavy atom.